The Kier molecular flexibility index (Phi) is 5.95. The maximum atomic E-state index is 10.8. The number of amides is 1. The summed E-state index contributed by atoms with van der Waals surface area (Å²) in [6.07, 6.45) is 1.53. The molecule has 0 bridgehead atoms. The first kappa shape index (κ1) is 19.3. The SMILES string of the molecule is NC(=O)OC1CCN(CCOc2ccc(Cc3nc4ccccc4o3)cc2)CC1. The zero-order valence-electron chi connectivity index (χ0n) is 16.3. The Hall–Kier alpha value is -3.06. The van der Waals surface area contributed by atoms with E-state index in [1.165, 1.54) is 0 Å². The van der Waals surface area contributed by atoms with Gasteiger partial charge in [0.25, 0.3) is 0 Å². The van der Waals surface area contributed by atoms with Gasteiger partial charge in [-0.1, -0.05) is 24.3 Å². The summed E-state index contributed by atoms with van der Waals surface area (Å²) in [7, 11) is 0. The number of ether oxygens (including phenoxy) is 2. The number of likely N-dealkylation sites (tertiary alicyclic amines) is 1. The molecule has 2 heterocycles. The van der Waals surface area contributed by atoms with Crippen molar-refractivity contribution in [2.75, 3.05) is 26.2 Å². The highest BCUT2D eigenvalue weighted by Gasteiger charge is 2.21. The molecule has 0 radical (unpaired) electrons. The molecule has 0 saturated carbocycles. The van der Waals surface area contributed by atoms with Gasteiger partial charge in [-0.2, -0.15) is 0 Å². The Balaban J connectivity index is 1.21. The molecule has 1 saturated heterocycles. The lowest BCUT2D eigenvalue weighted by Crippen LogP contribution is -2.40. The second-order valence-electron chi connectivity index (χ2n) is 7.22. The summed E-state index contributed by atoms with van der Waals surface area (Å²) in [5.74, 6) is 1.56. The molecule has 1 amide bonds. The number of nitrogens with zero attached hydrogens (tertiary/aromatic N) is 2. The van der Waals surface area contributed by atoms with E-state index in [-0.39, 0.29) is 6.10 Å². The molecule has 0 spiro atoms. The quantitative estimate of drug-likeness (QED) is 0.660. The molecule has 0 unspecified atom stereocenters. The lowest BCUT2D eigenvalue weighted by atomic mass is 10.1. The maximum Gasteiger partial charge on any atom is 0.404 e. The number of hydrogen-bond acceptors (Lipinski definition) is 6. The van der Waals surface area contributed by atoms with Gasteiger partial charge >= 0.3 is 6.09 Å². The van der Waals surface area contributed by atoms with Crippen molar-refractivity contribution in [3.63, 3.8) is 0 Å². The third kappa shape index (κ3) is 5.26. The van der Waals surface area contributed by atoms with Crippen molar-refractivity contribution >= 4 is 17.2 Å². The summed E-state index contributed by atoms with van der Waals surface area (Å²) in [6.45, 7) is 3.22. The first-order valence-corrected chi connectivity index (χ1v) is 9.90. The second kappa shape index (κ2) is 8.96. The summed E-state index contributed by atoms with van der Waals surface area (Å²) in [5.41, 5.74) is 7.89. The average Bonchev–Trinajstić information content (AvgIpc) is 3.12. The Labute approximate surface area is 169 Å². The number of fused-ring (bicyclic) bond motifs is 1. The highest BCUT2D eigenvalue weighted by Crippen LogP contribution is 2.19. The van der Waals surface area contributed by atoms with Crippen LogP contribution in [0.4, 0.5) is 4.79 Å². The van der Waals surface area contributed by atoms with Gasteiger partial charge in [-0.25, -0.2) is 9.78 Å². The molecule has 3 aromatic rings. The minimum absolute atomic E-state index is 0.0570. The largest absolute Gasteiger partial charge is 0.492 e. The third-order valence-electron chi connectivity index (χ3n) is 5.11. The van der Waals surface area contributed by atoms with E-state index in [1.807, 2.05) is 48.5 Å². The van der Waals surface area contributed by atoms with Crippen LogP contribution < -0.4 is 10.5 Å². The molecule has 1 aliphatic rings. The Morgan fingerprint density at radius 1 is 1.14 bits per heavy atom. The van der Waals surface area contributed by atoms with Gasteiger partial charge in [-0.15, -0.1) is 0 Å². The van der Waals surface area contributed by atoms with E-state index in [1.54, 1.807) is 0 Å². The number of rotatable bonds is 7. The highest BCUT2D eigenvalue weighted by atomic mass is 16.6. The predicted molar refractivity (Wildman–Crippen MR) is 109 cm³/mol. The van der Waals surface area contributed by atoms with Gasteiger partial charge in [0, 0.05) is 26.1 Å². The molecule has 1 fully saturated rings. The smallest absolute Gasteiger partial charge is 0.404 e. The van der Waals surface area contributed by atoms with Crippen LogP contribution in [0.25, 0.3) is 11.1 Å². The van der Waals surface area contributed by atoms with Gasteiger partial charge in [0.2, 0.25) is 0 Å². The predicted octanol–water partition coefficient (Wildman–Crippen LogP) is 3.36. The van der Waals surface area contributed by atoms with Crippen LogP contribution in [0.15, 0.2) is 52.9 Å². The fraction of sp³-hybridized carbons (Fsp3) is 0.364. The third-order valence-corrected chi connectivity index (χ3v) is 5.11. The molecule has 7 heteroatoms. The second-order valence-corrected chi connectivity index (χ2v) is 7.22. The molecule has 29 heavy (non-hydrogen) atoms. The van der Waals surface area contributed by atoms with Crippen LogP contribution in [-0.2, 0) is 11.2 Å². The molecule has 2 aromatic carbocycles. The number of carbonyl (C=O) groups is 1. The van der Waals surface area contributed by atoms with Crippen LogP contribution in [0, 0.1) is 0 Å². The molecule has 4 rings (SSSR count). The number of benzene rings is 2. The number of carbonyl (C=O) groups excluding carboxylic acids is 1. The van der Waals surface area contributed by atoms with Crippen molar-refractivity contribution in [2.45, 2.75) is 25.4 Å². The van der Waals surface area contributed by atoms with E-state index in [9.17, 15) is 4.79 Å². The van der Waals surface area contributed by atoms with E-state index in [4.69, 9.17) is 19.6 Å². The molecular formula is C22H25N3O4. The Morgan fingerprint density at radius 2 is 1.90 bits per heavy atom. The normalized spacial score (nSPS) is 15.4. The Bertz CT molecular complexity index is 913. The van der Waals surface area contributed by atoms with Gasteiger partial charge in [-0.05, 0) is 42.7 Å². The summed E-state index contributed by atoms with van der Waals surface area (Å²) in [5, 5.41) is 0. The van der Waals surface area contributed by atoms with Gasteiger partial charge < -0.3 is 19.6 Å². The first-order valence-electron chi connectivity index (χ1n) is 9.90. The number of hydrogen-bond donors (Lipinski definition) is 1. The number of primary amides is 1. The number of nitrogens with two attached hydrogens (primary N) is 1. The lowest BCUT2D eigenvalue weighted by molar-refractivity contribution is 0.0523. The summed E-state index contributed by atoms with van der Waals surface area (Å²) in [6, 6.07) is 15.8. The van der Waals surface area contributed by atoms with Gasteiger partial charge in [-0.3, -0.25) is 4.90 Å². The van der Waals surface area contributed by atoms with Crippen molar-refractivity contribution < 1.29 is 18.7 Å². The van der Waals surface area contributed by atoms with E-state index in [0.717, 1.165) is 54.9 Å². The molecule has 0 atom stereocenters. The van der Waals surface area contributed by atoms with Crippen LogP contribution in [0.3, 0.4) is 0 Å². The molecular weight excluding hydrogens is 370 g/mol. The average molecular weight is 395 g/mol. The Morgan fingerprint density at radius 3 is 2.62 bits per heavy atom. The molecule has 0 aliphatic carbocycles. The van der Waals surface area contributed by atoms with Crippen LogP contribution in [0.1, 0.15) is 24.3 Å². The minimum atomic E-state index is -0.689. The molecule has 152 valence electrons. The van der Waals surface area contributed by atoms with Crippen molar-refractivity contribution in [3.8, 4) is 5.75 Å². The summed E-state index contributed by atoms with van der Waals surface area (Å²) < 4.78 is 16.7. The van der Waals surface area contributed by atoms with Crippen LogP contribution in [-0.4, -0.2) is 48.3 Å². The van der Waals surface area contributed by atoms with Crippen molar-refractivity contribution in [1.82, 2.24) is 9.88 Å². The topological polar surface area (TPSA) is 90.8 Å². The van der Waals surface area contributed by atoms with Gasteiger partial charge in [0.1, 0.15) is 24.0 Å². The van der Waals surface area contributed by atoms with Gasteiger partial charge in [0.05, 0.1) is 0 Å². The summed E-state index contributed by atoms with van der Waals surface area (Å²) >= 11 is 0. The number of piperidine rings is 1. The van der Waals surface area contributed by atoms with Crippen molar-refractivity contribution in [3.05, 3.63) is 60.0 Å². The summed E-state index contributed by atoms with van der Waals surface area (Å²) in [4.78, 5) is 17.6. The fourth-order valence-electron chi connectivity index (χ4n) is 3.58. The number of para-hydroxylation sites is 2. The first-order chi connectivity index (χ1) is 14.2. The van der Waals surface area contributed by atoms with Crippen molar-refractivity contribution in [2.24, 2.45) is 5.73 Å². The fourth-order valence-corrected chi connectivity index (χ4v) is 3.58. The molecule has 1 aromatic heterocycles. The van der Waals surface area contributed by atoms with Gasteiger partial charge in [0.15, 0.2) is 11.5 Å². The zero-order chi connectivity index (χ0) is 20.1. The van der Waals surface area contributed by atoms with Crippen LogP contribution in [0.5, 0.6) is 5.75 Å². The van der Waals surface area contributed by atoms with E-state index < -0.39 is 6.09 Å². The van der Waals surface area contributed by atoms with E-state index in [0.29, 0.717) is 18.9 Å². The standard InChI is InChI=1S/C22H25N3O4/c23-22(26)28-18-9-11-25(12-10-18)13-14-27-17-7-5-16(6-8-17)15-21-24-19-3-1-2-4-20(19)29-21/h1-8,18H,9-15H2,(H2,23,26). The highest BCUT2D eigenvalue weighted by molar-refractivity contribution is 5.72. The van der Waals surface area contributed by atoms with E-state index >= 15 is 0 Å². The number of oxazole rings is 1. The maximum absolute atomic E-state index is 10.8. The molecule has 7 nitrogen and oxygen atoms in total. The van der Waals surface area contributed by atoms with Crippen LogP contribution in [0.2, 0.25) is 0 Å². The minimum Gasteiger partial charge on any atom is -0.492 e. The number of aromatic nitrogens is 1. The molecule has 2 N–H and O–H groups in total. The monoisotopic (exact) mass is 395 g/mol. The van der Waals surface area contributed by atoms with Crippen LogP contribution >= 0.6 is 0 Å². The van der Waals surface area contributed by atoms with E-state index in [2.05, 4.69) is 9.88 Å². The van der Waals surface area contributed by atoms with Crippen molar-refractivity contribution in [1.29, 1.82) is 0 Å². The molecule has 1 aliphatic heterocycles. The zero-order valence-corrected chi connectivity index (χ0v) is 16.3. The lowest BCUT2D eigenvalue weighted by Gasteiger charge is -2.31.